The minimum Gasteiger partial charge on any atom is -0.350 e. The Morgan fingerprint density at radius 3 is 2.48 bits per heavy atom. The highest BCUT2D eigenvalue weighted by Gasteiger charge is 2.40. The van der Waals surface area contributed by atoms with Crippen LogP contribution in [-0.4, -0.2) is 59.0 Å². The first-order valence-electron chi connectivity index (χ1n) is 13.1. The SMILES string of the molecule is CCOP(=O)(OCC)c1ccc(CNC(=O)[C@@H]2C[C@@H](F)CN2C(=O)Cn2cc(C(C)=O)c3ccccc32)c(Cl)c1. The summed E-state index contributed by atoms with van der Waals surface area (Å²) in [6.07, 6.45) is 0.148. The van der Waals surface area contributed by atoms with Gasteiger partial charge in [-0.3, -0.25) is 18.9 Å². The molecule has 9 nitrogen and oxygen atoms in total. The number of nitrogens with zero attached hydrogens (tertiary/aromatic N) is 2. The number of carbonyl (C=O) groups is 3. The van der Waals surface area contributed by atoms with Crippen molar-refractivity contribution in [2.45, 2.75) is 52.5 Å². The third kappa shape index (κ3) is 6.31. The van der Waals surface area contributed by atoms with Crippen LogP contribution in [0, 0.1) is 0 Å². The number of rotatable bonds is 11. The van der Waals surface area contributed by atoms with Gasteiger partial charge in [0, 0.05) is 40.7 Å². The second-order valence-corrected chi connectivity index (χ2v) is 11.9. The van der Waals surface area contributed by atoms with E-state index in [0.717, 1.165) is 5.39 Å². The van der Waals surface area contributed by atoms with Crippen molar-refractivity contribution < 1.29 is 32.4 Å². The molecule has 0 saturated carbocycles. The molecule has 40 heavy (non-hydrogen) atoms. The van der Waals surface area contributed by atoms with E-state index in [1.54, 1.807) is 54.9 Å². The molecule has 12 heteroatoms. The van der Waals surface area contributed by atoms with Crippen molar-refractivity contribution in [2.75, 3.05) is 19.8 Å². The van der Waals surface area contributed by atoms with Gasteiger partial charge in [0.25, 0.3) is 0 Å². The van der Waals surface area contributed by atoms with Gasteiger partial charge in [0.2, 0.25) is 11.8 Å². The van der Waals surface area contributed by atoms with Crippen molar-refractivity contribution in [3.05, 3.63) is 64.8 Å². The maximum atomic E-state index is 14.5. The standard InChI is InChI=1S/C28H32ClFN3O6P/c1-4-38-40(37,39-5-2)21-11-10-19(24(29)13-21)14-31-28(36)26-12-20(30)15-33(26)27(35)17-32-16-23(18(3)34)22-8-6-7-9-25(22)32/h6-11,13,16,20,26H,4-5,12,14-15,17H2,1-3H3,(H,31,36)/t20-,26+/m1/s1. The summed E-state index contributed by atoms with van der Waals surface area (Å²) < 4.78 is 39.8. The van der Waals surface area contributed by atoms with E-state index in [9.17, 15) is 23.3 Å². The molecule has 2 aromatic carbocycles. The summed E-state index contributed by atoms with van der Waals surface area (Å²) in [5, 5.41) is 4.02. The number of hydrogen-bond acceptors (Lipinski definition) is 6. The minimum atomic E-state index is -3.53. The number of fused-ring (bicyclic) bond motifs is 1. The number of hydrogen-bond donors (Lipinski definition) is 1. The lowest BCUT2D eigenvalue weighted by Crippen LogP contribution is -2.46. The van der Waals surface area contributed by atoms with Crippen LogP contribution in [0.2, 0.25) is 5.02 Å². The molecular weight excluding hydrogens is 560 g/mol. The lowest BCUT2D eigenvalue weighted by molar-refractivity contribution is -0.139. The van der Waals surface area contributed by atoms with Crippen molar-refractivity contribution in [3.8, 4) is 0 Å². The van der Waals surface area contributed by atoms with Crippen LogP contribution in [0.1, 0.15) is 43.1 Å². The summed E-state index contributed by atoms with van der Waals surface area (Å²) in [6.45, 7) is 4.94. The van der Waals surface area contributed by atoms with Gasteiger partial charge in [-0.1, -0.05) is 35.9 Å². The van der Waals surface area contributed by atoms with E-state index in [1.165, 1.54) is 17.9 Å². The van der Waals surface area contributed by atoms with Gasteiger partial charge >= 0.3 is 7.60 Å². The number of ketones is 1. The molecule has 0 bridgehead atoms. The zero-order valence-electron chi connectivity index (χ0n) is 22.6. The molecule has 1 saturated heterocycles. The number of alkyl halides is 1. The Hall–Kier alpha value is -3.04. The Morgan fingerprint density at radius 2 is 1.82 bits per heavy atom. The van der Waals surface area contributed by atoms with Gasteiger partial charge in [0.15, 0.2) is 5.78 Å². The van der Waals surface area contributed by atoms with Crippen molar-refractivity contribution in [1.29, 1.82) is 0 Å². The maximum Gasteiger partial charge on any atom is 0.361 e. The molecule has 1 aliphatic heterocycles. The number of amides is 2. The fraction of sp³-hybridized carbons (Fsp3) is 0.393. The predicted octanol–water partition coefficient (Wildman–Crippen LogP) is 4.64. The van der Waals surface area contributed by atoms with Crippen LogP contribution >= 0.6 is 19.2 Å². The zero-order valence-corrected chi connectivity index (χ0v) is 24.2. The molecule has 1 N–H and O–H groups in total. The summed E-state index contributed by atoms with van der Waals surface area (Å²) >= 11 is 6.41. The van der Waals surface area contributed by atoms with Crippen LogP contribution in [-0.2, 0) is 36.3 Å². The van der Waals surface area contributed by atoms with E-state index in [0.29, 0.717) is 21.9 Å². The normalized spacial score (nSPS) is 17.4. The number of nitrogens with one attached hydrogen (secondary N) is 1. The van der Waals surface area contributed by atoms with Crippen LogP contribution in [0.15, 0.2) is 48.7 Å². The number of aromatic nitrogens is 1. The first kappa shape index (κ1) is 29.9. The average Bonchev–Trinajstić information content (AvgIpc) is 3.49. The Bertz CT molecular complexity index is 1470. The number of Topliss-reactive ketones (excluding diaryl/α,β-unsaturated/α-hetero) is 1. The number of halogens is 2. The number of benzene rings is 2. The lowest BCUT2D eigenvalue weighted by atomic mass is 10.1. The van der Waals surface area contributed by atoms with Crippen LogP contribution in [0.5, 0.6) is 0 Å². The molecule has 0 aliphatic carbocycles. The Morgan fingerprint density at radius 1 is 1.12 bits per heavy atom. The van der Waals surface area contributed by atoms with Crippen LogP contribution in [0.25, 0.3) is 10.9 Å². The second kappa shape index (κ2) is 12.6. The van der Waals surface area contributed by atoms with Gasteiger partial charge in [-0.15, -0.1) is 0 Å². The van der Waals surface area contributed by atoms with E-state index >= 15 is 0 Å². The smallest absolute Gasteiger partial charge is 0.350 e. The molecule has 2 heterocycles. The molecule has 0 radical (unpaired) electrons. The van der Waals surface area contributed by atoms with E-state index in [-0.39, 0.29) is 50.1 Å². The van der Waals surface area contributed by atoms with Crippen molar-refractivity contribution in [3.63, 3.8) is 0 Å². The first-order chi connectivity index (χ1) is 19.1. The molecule has 2 amide bonds. The van der Waals surface area contributed by atoms with Gasteiger partial charge in [-0.25, -0.2) is 4.39 Å². The van der Waals surface area contributed by atoms with Crippen LogP contribution < -0.4 is 10.6 Å². The highest BCUT2D eigenvalue weighted by Crippen LogP contribution is 2.47. The molecule has 214 valence electrons. The Kier molecular flexibility index (Phi) is 9.46. The topological polar surface area (TPSA) is 107 Å². The summed E-state index contributed by atoms with van der Waals surface area (Å²) in [4.78, 5) is 39.7. The van der Waals surface area contributed by atoms with Gasteiger partial charge in [-0.05, 0) is 44.5 Å². The van der Waals surface area contributed by atoms with Crippen LogP contribution in [0.4, 0.5) is 4.39 Å². The molecular formula is C28H32ClFN3O6P. The molecule has 1 aliphatic rings. The van der Waals surface area contributed by atoms with E-state index in [1.807, 2.05) is 6.07 Å². The largest absolute Gasteiger partial charge is 0.361 e. The lowest BCUT2D eigenvalue weighted by Gasteiger charge is -2.24. The van der Waals surface area contributed by atoms with Gasteiger partial charge in [-0.2, -0.15) is 0 Å². The second-order valence-electron chi connectivity index (χ2n) is 9.47. The minimum absolute atomic E-state index is 0.0191. The predicted molar refractivity (Wildman–Crippen MR) is 151 cm³/mol. The van der Waals surface area contributed by atoms with Crippen molar-refractivity contribution in [2.24, 2.45) is 0 Å². The van der Waals surface area contributed by atoms with Gasteiger partial charge in [0.05, 0.1) is 25.1 Å². The van der Waals surface area contributed by atoms with Crippen molar-refractivity contribution >= 4 is 53.0 Å². The monoisotopic (exact) mass is 591 g/mol. The van der Waals surface area contributed by atoms with Gasteiger partial charge in [0.1, 0.15) is 18.8 Å². The Labute approximate surface area is 237 Å². The van der Waals surface area contributed by atoms with E-state index in [2.05, 4.69) is 5.32 Å². The third-order valence-corrected chi connectivity index (χ3v) is 9.21. The highest BCUT2D eigenvalue weighted by atomic mass is 35.5. The fourth-order valence-electron chi connectivity index (χ4n) is 4.88. The zero-order chi connectivity index (χ0) is 29.0. The summed E-state index contributed by atoms with van der Waals surface area (Å²) in [6, 6.07) is 10.9. The number of likely N-dealkylation sites (tertiary alicyclic amines) is 1. The summed E-state index contributed by atoms with van der Waals surface area (Å²) in [5.41, 5.74) is 1.74. The average molecular weight is 592 g/mol. The number of carbonyl (C=O) groups excluding carboxylic acids is 3. The maximum absolute atomic E-state index is 14.5. The molecule has 1 aromatic heterocycles. The highest BCUT2D eigenvalue weighted by molar-refractivity contribution is 7.62. The fourth-order valence-corrected chi connectivity index (χ4v) is 6.80. The molecule has 3 aromatic rings. The molecule has 0 spiro atoms. The van der Waals surface area contributed by atoms with E-state index < -0.39 is 31.6 Å². The molecule has 4 rings (SSSR count). The summed E-state index contributed by atoms with van der Waals surface area (Å²) in [5.74, 6) is -1.07. The summed E-state index contributed by atoms with van der Waals surface area (Å²) in [7, 11) is -3.53. The quantitative estimate of drug-likeness (QED) is 0.257. The van der Waals surface area contributed by atoms with Crippen molar-refractivity contribution in [1.82, 2.24) is 14.8 Å². The molecule has 0 unspecified atom stereocenters. The van der Waals surface area contributed by atoms with Crippen LogP contribution in [0.3, 0.4) is 0 Å². The van der Waals surface area contributed by atoms with Gasteiger partial charge < -0.3 is 23.8 Å². The third-order valence-electron chi connectivity index (χ3n) is 6.75. The van der Waals surface area contributed by atoms with E-state index in [4.69, 9.17) is 20.6 Å². The number of para-hydroxylation sites is 1. The Balaban J connectivity index is 1.46. The first-order valence-corrected chi connectivity index (χ1v) is 15.0. The molecule has 1 fully saturated rings. The molecule has 2 atom stereocenters.